The summed E-state index contributed by atoms with van der Waals surface area (Å²) in [5, 5.41) is 0. The summed E-state index contributed by atoms with van der Waals surface area (Å²) in [4.78, 5) is 0. The zero-order valence-corrected chi connectivity index (χ0v) is 12.1. The maximum atomic E-state index is 11.8. The second-order valence-corrected chi connectivity index (χ2v) is 6.96. The van der Waals surface area contributed by atoms with E-state index in [1.54, 1.807) is 7.05 Å². The Balaban J connectivity index is 2.85. The van der Waals surface area contributed by atoms with Gasteiger partial charge in [-0.05, 0) is 30.0 Å². The SMILES string of the molecule is CC(C)Cc1ccc(N(C)S(=O)(=O)CCN)cc1. The summed E-state index contributed by atoms with van der Waals surface area (Å²) in [6.07, 6.45) is 1.000. The molecule has 0 aliphatic carbocycles. The molecule has 0 aliphatic rings. The standard InChI is InChI=1S/C13H22N2O2S/c1-11(2)10-12-4-6-13(7-5-12)15(3)18(16,17)9-8-14/h4-7,11H,8-10,14H2,1-3H3. The molecular formula is C13H22N2O2S. The average molecular weight is 270 g/mol. The van der Waals surface area contributed by atoms with Crippen molar-refractivity contribution in [3.63, 3.8) is 0 Å². The van der Waals surface area contributed by atoms with Gasteiger partial charge < -0.3 is 5.73 Å². The average Bonchev–Trinajstić information content (AvgIpc) is 2.28. The predicted octanol–water partition coefficient (Wildman–Crippen LogP) is 1.61. The second kappa shape index (κ2) is 6.20. The maximum absolute atomic E-state index is 11.8. The molecule has 1 aromatic rings. The Morgan fingerprint density at radius 2 is 1.78 bits per heavy atom. The Bertz CT molecular complexity index is 466. The second-order valence-electron chi connectivity index (χ2n) is 4.84. The Kier molecular flexibility index (Phi) is 5.16. The first-order valence-electron chi connectivity index (χ1n) is 6.12. The molecule has 5 heteroatoms. The van der Waals surface area contributed by atoms with Crippen molar-refractivity contribution >= 4 is 15.7 Å². The van der Waals surface area contributed by atoms with E-state index >= 15 is 0 Å². The topological polar surface area (TPSA) is 63.4 Å². The van der Waals surface area contributed by atoms with E-state index in [-0.39, 0.29) is 12.3 Å². The molecule has 0 fully saturated rings. The van der Waals surface area contributed by atoms with Crippen LogP contribution in [0.4, 0.5) is 5.69 Å². The third-order valence-electron chi connectivity index (χ3n) is 2.74. The van der Waals surface area contributed by atoms with Crippen molar-refractivity contribution in [1.29, 1.82) is 0 Å². The van der Waals surface area contributed by atoms with Gasteiger partial charge in [0.2, 0.25) is 10.0 Å². The van der Waals surface area contributed by atoms with Crippen LogP contribution < -0.4 is 10.0 Å². The molecule has 0 saturated heterocycles. The van der Waals surface area contributed by atoms with E-state index in [1.807, 2.05) is 24.3 Å². The summed E-state index contributed by atoms with van der Waals surface area (Å²) in [6, 6.07) is 7.63. The first kappa shape index (κ1) is 15.0. The lowest BCUT2D eigenvalue weighted by Crippen LogP contribution is -2.31. The summed E-state index contributed by atoms with van der Waals surface area (Å²) in [5.74, 6) is 0.562. The number of benzene rings is 1. The lowest BCUT2D eigenvalue weighted by molar-refractivity contribution is 0.594. The minimum Gasteiger partial charge on any atom is -0.329 e. The van der Waals surface area contributed by atoms with Crippen LogP contribution in [-0.4, -0.2) is 27.8 Å². The molecule has 102 valence electrons. The summed E-state index contributed by atoms with van der Waals surface area (Å²) < 4.78 is 25.0. The van der Waals surface area contributed by atoms with Gasteiger partial charge in [0.15, 0.2) is 0 Å². The van der Waals surface area contributed by atoms with E-state index in [2.05, 4.69) is 13.8 Å². The van der Waals surface area contributed by atoms with Gasteiger partial charge in [-0.15, -0.1) is 0 Å². The monoisotopic (exact) mass is 270 g/mol. The third-order valence-corrected chi connectivity index (χ3v) is 4.53. The number of hydrogen-bond acceptors (Lipinski definition) is 3. The normalized spacial score (nSPS) is 11.8. The van der Waals surface area contributed by atoms with Gasteiger partial charge in [0.1, 0.15) is 0 Å². The number of nitrogens with zero attached hydrogens (tertiary/aromatic N) is 1. The molecule has 1 aromatic carbocycles. The van der Waals surface area contributed by atoms with E-state index in [9.17, 15) is 8.42 Å². The van der Waals surface area contributed by atoms with Gasteiger partial charge in [0.25, 0.3) is 0 Å². The van der Waals surface area contributed by atoms with Crippen LogP contribution in [0.2, 0.25) is 0 Å². The van der Waals surface area contributed by atoms with Crippen molar-refractivity contribution in [3.05, 3.63) is 29.8 Å². The largest absolute Gasteiger partial charge is 0.329 e. The van der Waals surface area contributed by atoms with Crippen LogP contribution in [0.5, 0.6) is 0 Å². The molecule has 4 nitrogen and oxygen atoms in total. The Morgan fingerprint density at radius 1 is 1.22 bits per heavy atom. The maximum Gasteiger partial charge on any atom is 0.236 e. The Labute approximate surface area is 110 Å². The zero-order chi connectivity index (χ0) is 13.8. The van der Waals surface area contributed by atoms with Crippen molar-refractivity contribution in [2.24, 2.45) is 11.7 Å². The summed E-state index contributed by atoms with van der Waals surface area (Å²) in [5.41, 5.74) is 7.20. The smallest absolute Gasteiger partial charge is 0.236 e. The van der Waals surface area contributed by atoms with Crippen molar-refractivity contribution < 1.29 is 8.42 Å². The molecule has 0 radical (unpaired) electrons. The molecule has 18 heavy (non-hydrogen) atoms. The van der Waals surface area contributed by atoms with Crippen molar-refractivity contribution in [3.8, 4) is 0 Å². The third kappa shape index (κ3) is 3.99. The van der Waals surface area contributed by atoms with Crippen LogP contribution in [0, 0.1) is 5.92 Å². The van der Waals surface area contributed by atoms with Gasteiger partial charge >= 0.3 is 0 Å². The van der Waals surface area contributed by atoms with Crippen LogP contribution in [0.3, 0.4) is 0 Å². The fourth-order valence-electron chi connectivity index (χ4n) is 1.76. The van der Waals surface area contributed by atoms with Crippen molar-refractivity contribution in [2.45, 2.75) is 20.3 Å². The molecule has 1 rings (SSSR count). The number of anilines is 1. The number of sulfonamides is 1. The summed E-state index contributed by atoms with van der Waals surface area (Å²) in [7, 11) is -1.73. The van der Waals surface area contributed by atoms with Crippen molar-refractivity contribution in [1.82, 2.24) is 0 Å². The fraction of sp³-hybridized carbons (Fsp3) is 0.538. The highest BCUT2D eigenvalue weighted by atomic mass is 32.2. The summed E-state index contributed by atoms with van der Waals surface area (Å²) >= 11 is 0. The van der Waals surface area contributed by atoms with E-state index in [0.29, 0.717) is 11.6 Å². The van der Waals surface area contributed by atoms with Crippen molar-refractivity contribution in [2.75, 3.05) is 23.7 Å². The number of hydrogen-bond donors (Lipinski definition) is 1. The van der Waals surface area contributed by atoms with Crippen LogP contribution >= 0.6 is 0 Å². The lowest BCUT2D eigenvalue weighted by atomic mass is 10.0. The van der Waals surface area contributed by atoms with E-state index < -0.39 is 10.0 Å². The van der Waals surface area contributed by atoms with Crippen LogP contribution in [0.25, 0.3) is 0 Å². The van der Waals surface area contributed by atoms with Gasteiger partial charge in [0.05, 0.1) is 11.4 Å². The fourth-order valence-corrected chi connectivity index (χ4v) is 2.77. The highest BCUT2D eigenvalue weighted by molar-refractivity contribution is 7.92. The minimum atomic E-state index is -3.29. The molecule has 2 N–H and O–H groups in total. The molecule has 0 bridgehead atoms. The highest BCUT2D eigenvalue weighted by Gasteiger charge is 2.16. The Hall–Kier alpha value is -1.07. The van der Waals surface area contributed by atoms with Crippen LogP contribution in [-0.2, 0) is 16.4 Å². The van der Waals surface area contributed by atoms with Gasteiger partial charge in [-0.3, -0.25) is 4.31 Å². The first-order chi connectivity index (χ1) is 8.36. The highest BCUT2D eigenvalue weighted by Crippen LogP contribution is 2.18. The minimum absolute atomic E-state index is 0.0305. The van der Waals surface area contributed by atoms with Gasteiger partial charge in [-0.2, -0.15) is 0 Å². The molecule has 0 amide bonds. The molecule has 0 aromatic heterocycles. The van der Waals surface area contributed by atoms with Gasteiger partial charge in [0, 0.05) is 13.6 Å². The molecule has 0 unspecified atom stereocenters. The van der Waals surface area contributed by atoms with E-state index in [0.717, 1.165) is 6.42 Å². The van der Waals surface area contributed by atoms with Crippen LogP contribution in [0.1, 0.15) is 19.4 Å². The molecule has 0 heterocycles. The van der Waals surface area contributed by atoms with Gasteiger partial charge in [-0.25, -0.2) is 8.42 Å². The molecule has 0 aliphatic heterocycles. The quantitative estimate of drug-likeness (QED) is 0.854. The molecule has 0 spiro atoms. The first-order valence-corrected chi connectivity index (χ1v) is 7.73. The van der Waals surface area contributed by atoms with E-state index in [1.165, 1.54) is 9.87 Å². The van der Waals surface area contributed by atoms with Gasteiger partial charge in [-0.1, -0.05) is 26.0 Å². The molecular weight excluding hydrogens is 248 g/mol. The van der Waals surface area contributed by atoms with E-state index in [4.69, 9.17) is 5.73 Å². The number of rotatable bonds is 6. The molecule has 0 saturated carbocycles. The molecule has 0 atom stereocenters. The predicted molar refractivity (Wildman–Crippen MR) is 76.2 cm³/mol. The summed E-state index contributed by atoms with van der Waals surface area (Å²) in [6.45, 7) is 4.45. The lowest BCUT2D eigenvalue weighted by Gasteiger charge is -2.19. The zero-order valence-electron chi connectivity index (χ0n) is 11.3. The number of nitrogens with two attached hydrogens (primary N) is 1. The van der Waals surface area contributed by atoms with Crippen LogP contribution in [0.15, 0.2) is 24.3 Å². The Morgan fingerprint density at radius 3 is 2.22 bits per heavy atom.